The topological polar surface area (TPSA) is 94.1 Å². The summed E-state index contributed by atoms with van der Waals surface area (Å²) in [6.07, 6.45) is 9.03. The van der Waals surface area contributed by atoms with Crippen LogP contribution in [0.3, 0.4) is 0 Å². The molecule has 0 saturated carbocycles. The lowest BCUT2D eigenvalue weighted by molar-refractivity contribution is -0.870. The first-order valence-electron chi connectivity index (χ1n) is 11.3. The Morgan fingerprint density at radius 1 is 0.900 bits per heavy atom. The van der Waals surface area contributed by atoms with Crippen molar-refractivity contribution < 1.29 is 37.3 Å². The molecule has 0 aromatic carbocycles. The van der Waals surface area contributed by atoms with E-state index >= 15 is 0 Å². The van der Waals surface area contributed by atoms with E-state index < -0.39 is 19.9 Å². The van der Waals surface area contributed by atoms with Crippen LogP contribution >= 0.6 is 7.82 Å². The summed E-state index contributed by atoms with van der Waals surface area (Å²) in [7, 11) is 1.35. The van der Waals surface area contributed by atoms with Crippen molar-refractivity contribution in [1.82, 2.24) is 0 Å². The van der Waals surface area contributed by atoms with E-state index in [1.807, 2.05) is 21.1 Å². The standard InChI is InChI=1S/C21H44NO7P/c1-6-8-9-10-11-12-13-14-16-26-18-20(29-21(23)7-2)19-28-30(24,25)27-17-15-22(3,4)5/h20H,6-19H2,1-5H3. The maximum atomic E-state index is 11.9. The lowest BCUT2D eigenvalue weighted by Crippen LogP contribution is -2.37. The predicted octanol–water partition coefficient (Wildman–Crippen LogP) is 3.67. The Labute approximate surface area is 183 Å². The average molecular weight is 454 g/mol. The lowest BCUT2D eigenvalue weighted by atomic mass is 10.1. The van der Waals surface area contributed by atoms with Gasteiger partial charge >= 0.3 is 5.97 Å². The van der Waals surface area contributed by atoms with Crippen LogP contribution in [0.2, 0.25) is 0 Å². The molecule has 0 aromatic rings. The molecular weight excluding hydrogens is 409 g/mol. The third kappa shape index (κ3) is 19.5. The number of phosphoric ester groups is 1. The van der Waals surface area contributed by atoms with Gasteiger partial charge in [0.1, 0.15) is 19.3 Å². The smallest absolute Gasteiger partial charge is 0.305 e. The molecule has 0 rings (SSSR count). The molecule has 0 aliphatic heterocycles. The second-order valence-electron chi connectivity index (χ2n) is 8.61. The number of esters is 1. The molecule has 2 unspecified atom stereocenters. The molecule has 0 heterocycles. The molecule has 0 bridgehead atoms. The van der Waals surface area contributed by atoms with E-state index in [1.165, 1.54) is 38.5 Å². The third-order valence-corrected chi connectivity index (χ3v) is 5.43. The summed E-state index contributed by atoms with van der Waals surface area (Å²) in [6.45, 7) is 4.76. The molecule has 0 radical (unpaired) electrons. The molecule has 180 valence electrons. The van der Waals surface area contributed by atoms with E-state index in [0.717, 1.165) is 12.8 Å². The van der Waals surface area contributed by atoms with E-state index in [0.29, 0.717) is 17.6 Å². The predicted molar refractivity (Wildman–Crippen MR) is 116 cm³/mol. The summed E-state index contributed by atoms with van der Waals surface area (Å²) in [5, 5.41) is 0. The van der Waals surface area contributed by atoms with Crippen molar-refractivity contribution in [3.63, 3.8) is 0 Å². The largest absolute Gasteiger partial charge is 0.756 e. The highest BCUT2D eigenvalue weighted by Gasteiger charge is 2.19. The highest BCUT2D eigenvalue weighted by molar-refractivity contribution is 7.45. The van der Waals surface area contributed by atoms with Crippen LogP contribution in [-0.2, 0) is 27.9 Å². The van der Waals surface area contributed by atoms with Crippen molar-refractivity contribution in [3.8, 4) is 0 Å². The summed E-state index contributed by atoms with van der Waals surface area (Å²) in [6, 6.07) is 0. The van der Waals surface area contributed by atoms with Gasteiger partial charge in [0.05, 0.1) is 34.4 Å². The summed E-state index contributed by atoms with van der Waals surface area (Å²) in [5.74, 6) is -0.425. The van der Waals surface area contributed by atoms with E-state index in [1.54, 1.807) is 6.92 Å². The Kier molecular flexibility index (Phi) is 16.8. The zero-order valence-electron chi connectivity index (χ0n) is 19.7. The van der Waals surface area contributed by atoms with E-state index in [9.17, 15) is 14.3 Å². The first-order chi connectivity index (χ1) is 14.1. The number of carbonyl (C=O) groups excluding carboxylic acids is 1. The third-order valence-electron chi connectivity index (χ3n) is 4.46. The Balaban J connectivity index is 4.13. The van der Waals surface area contributed by atoms with Crippen molar-refractivity contribution in [1.29, 1.82) is 0 Å². The van der Waals surface area contributed by atoms with E-state index in [4.69, 9.17) is 18.5 Å². The minimum Gasteiger partial charge on any atom is -0.756 e. The zero-order chi connectivity index (χ0) is 22.9. The number of rotatable bonds is 20. The summed E-state index contributed by atoms with van der Waals surface area (Å²) >= 11 is 0. The monoisotopic (exact) mass is 453 g/mol. The molecular formula is C21H44NO7P. The van der Waals surface area contributed by atoms with Gasteiger partial charge in [-0.3, -0.25) is 9.36 Å². The van der Waals surface area contributed by atoms with Gasteiger partial charge in [-0.05, 0) is 6.42 Å². The van der Waals surface area contributed by atoms with Crippen LogP contribution in [0, 0.1) is 0 Å². The number of nitrogens with zero attached hydrogens (tertiary/aromatic N) is 1. The van der Waals surface area contributed by atoms with Crippen molar-refractivity contribution in [2.24, 2.45) is 0 Å². The van der Waals surface area contributed by atoms with Gasteiger partial charge in [0.15, 0.2) is 0 Å². The molecule has 0 aromatic heterocycles. The molecule has 8 nitrogen and oxygen atoms in total. The molecule has 0 amide bonds. The fraction of sp³-hybridized carbons (Fsp3) is 0.952. The van der Waals surface area contributed by atoms with Crippen molar-refractivity contribution in [2.45, 2.75) is 77.7 Å². The molecule has 0 aliphatic rings. The van der Waals surface area contributed by atoms with Crippen LogP contribution in [0.1, 0.15) is 71.6 Å². The van der Waals surface area contributed by atoms with Gasteiger partial charge in [-0.2, -0.15) is 0 Å². The minimum absolute atomic E-state index is 0.0264. The van der Waals surface area contributed by atoms with Crippen molar-refractivity contribution in [3.05, 3.63) is 0 Å². The van der Waals surface area contributed by atoms with Gasteiger partial charge < -0.3 is 27.9 Å². The molecule has 2 atom stereocenters. The zero-order valence-corrected chi connectivity index (χ0v) is 20.6. The SMILES string of the molecule is CCCCCCCCCCOCC(COP(=O)([O-])OCC[N+](C)(C)C)OC(=O)CC. The van der Waals surface area contributed by atoms with Crippen LogP contribution < -0.4 is 4.89 Å². The van der Waals surface area contributed by atoms with E-state index in [2.05, 4.69) is 6.92 Å². The highest BCUT2D eigenvalue weighted by atomic mass is 31.2. The number of hydrogen-bond acceptors (Lipinski definition) is 7. The molecule has 0 fully saturated rings. The maximum absolute atomic E-state index is 11.9. The Morgan fingerprint density at radius 3 is 2.07 bits per heavy atom. The fourth-order valence-electron chi connectivity index (χ4n) is 2.58. The van der Waals surface area contributed by atoms with Gasteiger partial charge in [-0.15, -0.1) is 0 Å². The van der Waals surface area contributed by atoms with Crippen LogP contribution in [0.25, 0.3) is 0 Å². The molecule has 9 heteroatoms. The number of hydrogen-bond donors (Lipinski definition) is 0. The molecule has 30 heavy (non-hydrogen) atoms. The van der Waals surface area contributed by atoms with Crippen molar-refractivity contribution >= 4 is 13.8 Å². The number of unbranched alkanes of at least 4 members (excludes halogenated alkanes) is 7. The summed E-state index contributed by atoms with van der Waals surface area (Å²) in [5.41, 5.74) is 0. The van der Waals surface area contributed by atoms with Crippen LogP contribution in [0.5, 0.6) is 0 Å². The fourth-order valence-corrected chi connectivity index (χ4v) is 3.30. The maximum Gasteiger partial charge on any atom is 0.305 e. The van der Waals surface area contributed by atoms with Gasteiger partial charge in [0.25, 0.3) is 7.82 Å². The van der Waals surface area contributed by atoms with Gasteiger partial charge in [0.2, 0.25) is 0 Å². The normalized spacial score (nSPS) is 15.0. The first-order valence-corrected chi connectivity index (χ1v) is 12.7. The number of carbonyl (C=O) groups is 1. The van der Waals surface area contributed by atoms with Gasteiger partial charge in [-0.25, -0.2) is 0 Å². The average Bonchev–Trinajstić information content (AvgIpc) is 2.66. The van der Waals surface area contributed by atoms with Crippen LogP contribution in [0.15, 0.2) is 0 Å². The highest BCUT2D eigenvalue weighted by Crippen LogP contribution is 2.38. The number of phosphoric acid groups is 1. The summed E-state index contributed by atoms with van der Waals surface area (Å²) < 4.78 is 33.1. The Bertz CT molecular complexity index is 482. The Hall–Kier alpha value is -0.500. The molecule has 0 aliphatic carbocycles. The minimum atomic E-state index is -4.46. The second kappa shape index (κ2) is 17.1. The molecule has 0 saturated heterocycles. The number of quaternary nitrogens is 1. The van der Waals surface area contributed by atoms with E-state index in [-0.39, 0.29) is 26.2 Å². The van der Waals surface area contributed by atoms with Crippen LogP contribution in [0.4, 0.5) is 0 Å². The van der Waals surface area contributed by atoms with Gasteiger partial charge in [-0.1, -0.05) is 58.8 Å². The van der Waals surface area contributed by atoms with Gasteiger partial charge in [0, 0.05) is 13.0 Å². The molecule has 0 N–H and O–H groups in total. The quantitative estimate of drug-likeness (QED) is 0.120. The summed E-state index contributed by atoms with van der Waals surface area (Å²) in [4.78, 5) is 23.5. The van der Waals surface area contributed by atoms with Crippen molar-refractivity contribution in [2.75, 3.05) is 54.1 Å². The Morgan fingerprint density at radius 2 is 1.50 bits per heavy atom. The number of likely N-dealkylation sites (N-methyl/N-ethyl adjacent to an activating group) is 1. The number of ether oxygens (including phenoxy) is 2. The first kappa shape index (κ1) is 29.5. The lowest BCUT2D eigenvalue weighted by Gasteiger charge is -2.28. The second-order valence-corrected chi connectivity index (χ2v) is 10.0. The van der Waals surface area contributed by atoms with Crippen LogP contribution in [-0.4, -0.2) is 70.7 Å². The molecule has 0 spiro atoms.